The molecule has 30 heavy (non-hydrogen) atoms. The van der Waals surface area contributed by atoms with Gasteiger partial charge < -0.3 is 10.1 Å². The highest BCUT2D eigenvalue weighted by atomic mass is 35.5. The molecule has 9 heteroatoms. The number of carbonyl (C=O) groups excluding carboxylic acids is 2. The minimum atomic E-state index is -0.444. The summed E-state index contributed by atoms with van der Waals surface area (Å²) in [6.07, 6.45) is 0. The molecule has 162 valence electrons. The molecule has 2 aromatic rings. The third-order valence-corrected chi connectivity index (χ3v) is 6.74. The van der Waals surface area contributed by atoms with Crippen LogP contribution < -0.4 is 5.32 Å². The first-order valence-electron chi connectivity index (χ1n) is 9.65. The lowest BCUT2D eigenvalue weighted by Gasteiger charge is -2.34. The number of esters is 1. The second-order valence-corrected chi connectivity index (χ2v) is 8.95. The number of thiophene rings is 1. The zero-order chi connectivity index (χ0) is 21.8. The molecule has 1 aliphatic heterocycles. The Morgan fingerprint density at radius 2 is 1.87 bits per heavy atom. The fourth-order valence-corrected chi connectivity index (χ4v) is 4.72. The van der Waals surface area contributed by atoms with Gasteiger partial charge in [0.25, 0.3) is 0 Å². The van der Waals surface area contributed by atoms with Crippen LogP contribution in [0.4, 0.5) is 9.39 Å². The topological polar surface area (TPSA) is 61.9 Å². The van der Waals surface area contributed by atoms with E-state index in [9.17, 15) is 14.0 Å². The van der Waals surface area contributed by atoms with E-state index in [0.29, 0.717) is 22.1 Å². The minimum Gasteiger partial charge on any atom is -0.465 e. The molecule has 1 aliphatic rings. The summed E-state index contributed by atoms with van der Waals surface area (Å²) < 4.78 is 18.0. The molecule has 1 fully saturated rings. The molecule has 0 radical (unpaired) electrons. The number of nitrogens with zero attached hydrogens (tertiary/aromatic N) is 2. The second-order valence-electron chi connectivity index (χ2n) is 7.32. The second kappa shape index (κ2) is 9.87. The number of ether oxygens (including phenoxy) is 1. The van der Waals surface area contributed by atoms with Crippen LogP contribution in [0.2, 0.25) is 5.02 Å². The van der Waals surface area contributed by atoms with Crippen molar-refractivity contribution >= 4 is 39.8 Å². The highest BCUT2D eigenvalue weighted by Crippen LogP contribution is 2.33. The molecule has 1 aromatic carbocycles. The summed E-state index contributed by atoms with van der Waals surface area (Å²) in [7, 11) is 1.33. The van der Waals surface area contributed by atoms with E-state index in [0.717, 1.165) is 42.2 Å². The summed E-state index contributed by atoms with van der Waals surface area (Å²) in [5.41, 5.74) is 2.15. The molecular weight excluding hydrogens is 429 g/mol. The Balaban J connectivity index is 1.52. The molecule has 6 nitrogen and oxygen atoms in total. The van der Waals surface area contributed by atoms with Gasteiger partial charge in [-0.1, -0.05) is 17.7 Å². The van der Waals surface area contributed by atoms with E-state index in [1.54, 1.807) is 6.07 Å². The zero-order valence-electron chi connectivity index (χ0n) is 17.3. The van der Waals surface area contributed by atoms with Gasteiger partial charge in [-0.15, -0.1) is 11.3 Å². The van der Waals surface area contributed by atoms with Crippen LogP contribution in [0, 0.1) is 19.7 Å². The number of nitrogens with one attached hydrogen (secondary N) is 1. The molecule has 0 atom stereocenters. The number of benzene rings is 1. The quantitative estimate of drug-likeness (QED) is 0.676. The smallest absolute Gasteiger partial charge is 0.341 e. The van der Waals surface area contributed by atoms with Gasteiger partial charge in [-0.25, -0.2) is 9.18 Å². The molecule has 0 unspecified atom stereocenters. The van der Waals surface area contributed by atoms with E-state index in [1.807, 2.05) is 13.8 Å². The first-order valence-corrected chi connectivity index (χ1v) is 10.8. The van der Waals surface area contributed by atoms with E-state index in [2.05, 4.69) is 15.1 Å². The Bertz CT molecular complexity index is 942. The van der Waals surface area contributed by atoms with Crippen molar-refractivity contribution in [1.82, 2.24) is 9.80 Å². The Morgan fingerprint density at radius 3 is 2.50 bits per heavy atom. The minimum absolute atomic E-state index is 0.156. The lowest BCUT2D eigenvalue weighted by molar-refractivity contribution is -0.117. The van der Waals surface area contributed by atoms with Crippen LogP contribution >= 0.6 is 22.9 Å². The van der Waals surface area contributed by atoms with Crippen LogP contribution in [-0.2, 0) is 16.1 Å². The number of anilines is 1. The summed E-state index contributed by atoms with van der Waals surface area (Å²) in [5.74, 6) is -0.942. The molecule has 0 aliphatic carbocycles. The van der Waals surface area contributed by atoms with Gasteiger partial charge in [0.15, 0.2) is 0 Å². The number of amides is 1. The van der Waals surface area contributed by atoms with Crippen LogP contribution in [0.3, 0.4) is 0 Å². The van der Waals surface area contributed by atoms with E-state index in [4.69, 9.17) is 16.3 Å². The lowest BCUT2D eigenvalue weighted by atomic mass is 10.1. The van der Waals surface area contributed by atoms with Crippen molar-refractivity contribution in [1.29, 1.82) is 0 Å². The molecule has 0 spiro atoms. The van der Waals surface area contributed by atoms with Gasteiger partial charge >= 0.3 is 5.97 Å². The summed E-state index contributed by atoms with van der Waals surface area (Å²) in [4.78, 5) is 29.9. The van der Waals surface area contributed by atoms with Crippen molar-refractivity contribution in [3.63, 3.8) is 0 Å². The molecule has 0 saturated carbocycles. The van der Waals surface area contributed by atoms with Gasteiger partial charge in [0, 0.05) is 42.6 Å². The summed E-state index contributed by atoms with van der Waals surface area (Å²) in [5, 5.41) is 3.83. The van der Waals surface area contributed by atoms with E-state index in [-0.39, 0.29) is 18.3 Å². The van der Waals surface area contributed by atoms with Crippen molar-refractivity contribution in [3.8, 4) is 0 Å². The maximum Gasteiger partial charge on any atom is 0.341 e. The summed E-state index contributed by atoms with van der Waals surface area (Å²) in [6.45, 7) is 7.70. The maximum absolute atomic E-state index is 13.2. The summed E-state index contributed by atoms with van der Waals surface area (Å²) >= 11 is 7.50. The van der Waals surface area contributed by atoms with Gasteiger partial charge in [0.1, 0.15) is 10.8 Å². The number of rotatable bonds is 6. The monoisotopic (exact) mass is 453 g/mol. The average molecular weight is 454 g/mol. The molecule has 1 amide bonds. The normalized spacial score (nSPS) is 15.2. The van der Waals surface area contributed by atoms with Crippen LogP contribution in [0.1, 0.15) is 26.4 Å². The predicted molar refractivity (Wildman–Crippen MR) is 117 cm³/mol. The van der Waals surface area contributed by atoms with E-state index >= 15 is 0 Å². The fourth-order valence-electron chi connectivity index (χ4n) is 3.43. The van der Waals surface area contributed by atoms with Crippen molar-refractivity contribution < 1.29 is 18.7 Å². The SMILES string of the molecule is COC(=O)c1c(NC(=O)CN2CCN(Cc3ccc(F)cc3Cl)CC2)sc(C)c1C. The number of methoxy groups -OCH3 is 1. The molecule has 1 aromatic heterocycles. The Hall–Kier alpha value is -2.00. The Morgan fingerprint density at radius 1 is 1.20 bits per heavy atom. The van der Waals surface area contributed by atoms with Gasteiger partial charge in [0.05, 0.1) is 19.2 Å². The Labute approximate surface area is 184 Å². The van der Waals surface area contributed by atoms with Crippen LogP contribution in [0.5, 0.6) is 0 Å². The molecule has 0 bridgehead atoms. The first kappa shape index (κ1) is 22.7. The van der Waals surface area contributed by atoms with Crippen LogP contribution in [0.25, 0.3) is 0 Å². The third-order valence-electron chi connectivity index (χ3n) is 5.27. The maximum atomic E-state index is 13.2. The molecule has 1 saturated heterocycles. The van der Waals surface area contributed by atoms with E-state index < -0.39 is 5.97 Å². The largest absolute Gasteiger partial charge is 0.465 e. The Kier molecular flexibility index (Phi) is 7.46. The van der Waals surface area contributed by atoms with Crippen molar-refractivity contribution in [2.45, 2.75) is 20.4 Å². The average Bonchev–Trinajstić information content (AvgIpc) is 2.98. The highest BCUT2D eigenvalue weighted by Gasteiger charge is 2.24. The number of hydrogen-bond donors (Lipinski definition) is 1. The van der Waals surface area contributed by atoms with Crippen molar-refractivity contribution in [3.05, 3.63) is 50.6 Å². The first-order chi connectivity index (χ1) is 14.3. The zero-order valence-corrected chi connectivity index (χ0v) is 18.8. The third kappa shape index (κ3) is 5.37. The lowest BCUT2D eigenvalue weighted by Crippen LogP contribution is -2.48. The molecule has 1 N–H and O–H groups in total. The number of aryl methyl sites for hydroxylation is 1. The highest BCUT2D eigenvalue weighted by molar-refractivity contribution is 7.16. The van der Waals surface area contributed by atoms with Crippen LogP contribution in [-0.4, -0.2) is 61.5 Å². The molecular formula is C21H25ClFN3O3S. The van der Waals surface area contributed by atoms with Crippen LogP contribution in [0.15, 0.2) is 18.2 Å². The van der Waals surface area contributed by atoms with Crippen molar-refractivity contribution in [2.24, 2.45) is 0 Å². The van der Waals surface area contributed by atoms with Gasteiger partial charge in [-0.2, -0.15) is 0 Å². The molecule has 2 heterocycles. The predicted octanol–water partition coefficient (Wildman–Crippen LogP) is 3.70. The number of piperazine rings is 1. The van der Waals surface area contributed by atoms with Gasteiger partial charge in [-0.05, 0) is 37.1 Å². The standard InChI is InChI=1S/C21H25ClFN3O3S/c1-13-14(2)30-20(19(13)21(28)29-3)24-18(27)12-26-8-6-25(7-9-26)11-15-4-5-16(23)10-17(15)22/h4-5,10H,6-9,11-12H2,1-3H3,(H,24,27). The number of hydrogen-bond acceptors (Lipinski definition) is 6. The van der Waals surface area contributed by atoms with E-state index in [1.165, 1.54) is 30.6 Å². The molecule has 3 rings (SSSR count). The number of halogens is 2. The summed E-state index contributed by atoms with van der Waals surface area (Å²) in [6, 6.07) is 4.45. The number of carbonyl (C=O) groups is 2. The van der Waals surface area contributed by atoms with Gasteiger partial charge in [0.2, 0.25) is 5.91 Å². The fraction of sp³-hybridized carbons (Fsp3) is 0.429. The van der Waals surface area contributed by atoms with Gasteiger partial charge in [-0.3, -0.25) is 14.6 Å². The van der Waals surface area contributed by atoms with Crippen molar-refractivity contribution in [2.75, 3.05) is 45.2 Å².